The highest BCUT2D eigenvalue weighted by Crippen LogP contribution is 2.18. The van der Waals surface area contributed by atoms with Crippen LogP contribution in [0.2, 0.25) is 0 Å². The topological polar surface area (TPSA) is 15.3 Å². The van der Waals surface area contributed by atoms with Gasteiger partial charge in [0.25, 0.3) is 0 Å². The van der Waals surface area contributed by atoms with Crippen LogP contribution in [-0.2, 0) is 6.54 Å². The lowest BCUT2D eigenvalue weighted by Gasteiger charge is -2.28. The van der Waals surface area contributed by atoms with Gasteiger partial charge in [-0.15, -0.1) is 0 Å². The molecular formula is C16H25FN2. The third kappa shape index (κ3) is 4.59. The fourth-order valence-electron chi connectivity index (χ4n) is 2.74. The molecule has 0 unspecified atom stereocenters. The molecule has 1 aromatic rings. The molecule has 1 aliphatic rings. The van der Waals surface area contributed by atoms with Gasteiger partial charge in [-0.3, -0.25) is 0 Å². The van der Waals surface area contributed by atoms with E-state index in [1.54, 1.807) is 12.1 Å². The fourth-order valence-corrected chi connectivity index (χ4v) is 2.74. The number of piperidine rings is 1. The van der Waals surface area contributed by atoms with Crippen molar-refractivity contribution in [2.24, 2.45) is 5.92 Å². The molecular weight excluding hydrogens is 239 g/mol. The summed E-state index contributed by atoms with van der Waals surface area (Å²) in [5, 5.41) is 3.48. The summed E-state index contributed by atoms with van der Waals surface area (Å²) in [5.41, 5.74) is 2.23. The number of nitrogens with one attached hydrogen (secondary N) is 1. The van der Waals surface area contributed by atoms with E-state index >= 15 is 0 Å². The van der Waals surface area contributed by atoms with E-state index in [2.05, 4.69) is 17.3 Å². The molecule has 1 heterocycles. The van der Waals surface area contributed by atoms with Crippen LogP contribution in [0.3, 0.4) is 0 Å². The van der Waals surface area contributed by atoms with Crippen molar-refractivity contribution in [3.63, 3.8) is 0 Å². The first kappa shape index (κ1) is 14.5. The first-order valence-corrected chi connectivity index (χ1v) is 7.29. The van der Waals surface area contributed by atoms with E-state index in [1.165, 1.54) is 37.9 Å². The predicted octanol–water partition coefficient (Wildman–Crippen LogP) is 2.96. The minimum absolute atomic E-state index is 0.146. The van der Waals surface area contributed by atoms with E-state index in [9.17, 15) is 4.39 Å². The third-order valence-corrected chi connectivity index (χ3v) is 4.19. The summed E-state index contributed by atoms with van der Waals surface area (Å²) in [5.74, 6) is 0.727. The third-order valence-electron chi connectivity index (χ3n) is 4.19. The average Bonchev–Trinajstić information content (AvgIpc) is 2.39. The minimum atomic E-state index is -0.146. The number of rotatable bonds is 5. The second-order valence-electron chi connectivity index (χ2n) is 5.78. The van der Waals surface area contributed by atoms with Crippen molar-refractivity contribution in [2.75, 3.05) is 26.7 Å². The van der Waals surface area contributed by atoms with Gasteiger partial charge in [-0.05, 0) is 82.0 Å². The average molecular weight is 264 g/mol. The molecule has 1 aromatic carbocycles. The monoisotopic (exact) mass is 264 g/mol. The van der Waals surface area contributed by atoms with Crippen LogP contribution in [0.1, 0.15) is 30.4 Å². The maximum absolute atomic E-state index is 13.0. The molecule has 0 amide bonds. The van der Waals surface area contributed by atoms with Crippen molar-refractivity contribution < 1.29 is 4.39 Å². The Morgan fingerprint density at radius 2 is 2.05 bits per heavy atom. The predicted molar refractivity (Wildman–Crippen MR) is 77.7 cm³/mol. The van der Waals surface area contributed by atoms with Crippen molar-refractivity contribution in [1.29, 1.82) is 0 Å². The molecule has 1 saturated heterocycles. The fraction of sp³-hybridized carbons (Fsp3) is 0.625. The van der Waals surface area contributed by atoms with E-state index in [-0.39, 0.29) is 5.82 Å². The molecule has 0 bridgehead atoms. The quantitative estimate of drug-likeness (QED) is 0.823. The Hall–Kier alpha value is -0.930. The van der Waals surface area contributed by atoms with Crippen molar-refractivity contribution in [3.05, 3.63) is 35.1 Å². The van der Waals surface area contributed by atoms with Crippen molar-refractivity contribution >= 4 is 0 Å². The lowest BCUT2D eigenvalue weighted by atomic mass is 9.94. The first-order valence-electron chi connectivity index (χ1n) is 7.29. The number of hydrogen-bond donors (Lipinski definition) is 1. The summed E-state index contributed by atoms with van der Waals surface area (Å²) in [4.78, 5) is 2.41. The highest BCUT2D eigenvalue weighted by molar-refractivity contribution is 5.26. The molecule has 2 rings (SSSR count). The van der Waals surface area contributed by atoms with Gasteiger partial charge < -0.3 is 10.2 Å². The van der Waals surface area contributed by atoms with Gasteiger partial charge in [0, 0.05) is 6.54 Å². The maximum atomic E-state index is 13.0. The Morgan fingerprint density at radius 3 is 2.74 bits per heavy atom. The molecule has 0 atom stereocenters. The molecule has 1 N–H and O–H groups in total. The smallest absolute Gasteiger partial charge is 0.123 e. The van der Waals surface area contributed by atoms with Gasteiger partial charge in [0.15, 0.2) is 0 Å². The molecule has 106 valence electrons. The van der Waals surface area contributed by atoms with Crippen molar-refractivity contribution in [1.82, 2.24) is 10.2 Å². The van der Waals surface area contributed by atoms with Crippen LogP contribution in [0.5, 0.6) is 0 Å². The summed E-state index contributed by atoms with van der Waals surface area (Å²) in [7, 11) is 2.20. The Labute approximate surface area is 116 Å². The van der Waals surface area contributed by atoms with Gasteiger partial charge in [-0.2, -0.15) is 0 Å². The molecule has 0 spiro atoms. The number of hydrogen-bond acceptors (Lipinski definition) is 2. The molecule has 19 heavy (non-hydrogen) atoms. The van der Waals surface area contributed by atoms with Gasteiger partial charge in [-0.25, -0.2) is 4.39 Å². The number of benzene rings is 1. The maximum Gasteiger partial charge on any atom is 0.123 e. The van der Waals surface area contributed by atoms with Crippen LogP contribution in [0.15, 0.2) is 18.2 Å². The summed E-state index contributed by atoms with van der Waals surface area (Å²) in [6, 6.07) is 5.03. The summed E-state index contributed by atoms with van der Waals surface area (Å²) in [6.07, 6.45) is 3.91. The lowest BCUT2D eigenvalue weighted by molar-refractivity contribution is 0.211. The highest BCUT2D eigenvalue weighted by atomic mass is 19.1. The second kappa shape index (κ2) is 7.01. The highest BCUT2D eigenvalue weighted by Gasteiger charge is 2.15. The summed E-state index contributed by atoms with van der Waals surface area (Å²) < 4.78 is 13.0. The molecule has 1 aliphatic heterocycles. The normalized spacial score (nSPS) is 17.8. The van der Waals surface area contributed by atoms with Crippen molar-refractivity contribution in [3.8, 4) is 0 Å². The lowest BCUT2D eigenvalue weighted by Crippen LogP contribution is -2.31. The van der Waals surface area contributed by atoms with E-state index in [1.807, 2.05) is 13.0 Å². The number of aryl methyl sites for hydroxylation is 1. The Morgan fingerprint density at radius 1 is 1.32 bits per heavy atom. The van der Waals surface area contributed by atoms with Gasteiger partial charge in [-0.1, -0.05) is 6.07 Å². The molecule has 1 fully saturated rings. The Balaban J connectivity index is 1.66. The zero-order chi connectivity index (χ0) is 13.7. The summed E-state index contributed by atoms with van der Waals surface area (Å²) >= 11 is 0. The minimum Gasteiger partial charge on any atom is -0.313 e. The van der Waals surface area contributed by atoms with Gasteiger partial charge in [0.2, 0.25) is 0 Å². The van der Waals surface area contributed by atoms with Gasteiger partial charge >= 0.3 is 0 Å². The SMILES string of the molecule is Cc1cc(F)ccc1CNCCC1CCN(C)CC1. The largest absolute Gasteiger partial charge is 0.313 e. The molecule has 0 radical (unpaired) electrons. The van der Waals surface area contributed by atoms with Crippen LogP contribution in [0, 0.1) is 18.7 Å². The van der Waals surface area contributed by atoms with E-state index in [0.717, 1.165) is 24.6 Å². The molecule has 3 heteroatoms. The van der Waals surface area contributed by atoms with E-state index in [0.29, 0.717) is 0 Å². The van der Waals surface area contributed by atoms with Crippen LogP contribution in [0.25, 0.3) is 0 Å². The second-order valence-corrected chi connectivity index (χ2v) is 5.78. The first-order chi connectivity index (χ1) is 9.15. The number of likely N-dealkylation sites (tertiary alicyclic amines) is 1. The molecule has 2 nitrogen and oxygen atoms in total. The molecule has 0 aromatic heterocycles. The Bertz CT molecular complexity index is 398. The Kier molecular flexibility index (Phi) is 5.34. The van der Waals surface area contributed by atoms with E-state index in [4.69, 9.17) is 0 Å². The van der Waals surface area contributed by atoms with Crippen LogP contribution in [0.4, 0.5) is 4.39 Å². The van der Waals surface area contributed by atoms with Gasteiger partial charge in [0.05, 0.1) is 0 Å². The number of halogens is 1. The number of nitrogens with zero attached hydrogens (tertiary/aromatic N) is 1. The molecule has 0 aliphatic carbocycles. The van der Waals surface area contributed by atoms with Crippen LogP contribution in [-0.4, -0.2) is 31.6 Å². The van der Waals surface area contributed by atoms with E-state index < -0.39 is 0 Å². The standard InChI is InChI=1S/C16H25FN2/c1-13-11-16(17)4-3-15(13)12-18-8-5-14-6-9-19(2)10-7-14/h3-4,11,14,18H,5-10,12H2,1-2H3. The van der Waals surface area contributed by atoms with Crippen LogP contribution >= 0.6 is 0 Å². The zero-order valence-corrected chi connectivity index (χ0v) is 12.1. The van der Waals surface area contributed by atoms with Crippen molar-refractivity contribution in [2.45, 2.75) is 32.7 Å². The molecule has 0 saturated carbocycles. The van der Waals surface area contributed by atoms with Gasteiger partial charge in [0.1, 0.15) is 5.82 Å². The summed E-state index contributed by atoms with van der Waals surface area (Å²) in [6.45, 7) is 6.35. The zero-order valence-electron chi connectivity index (χ0n) is 12.1. The van der Waals surface area contributed by atoms with Crippen LogP contribution < -0.4 is 5.32 Å².